The highest BCUT2D eigenvalue weighted by atomic mass is 16.5. The van der Waals surface area contributed by atoms with Gasteiger partial charge in [0.2, 0.25) is 0 Å². The van der Waals surface area contributed by atoms with Crippen LogP contribution in [0.3, 0.4) is 0 Å². The largest absolute Gasteiger partial charge is 0.493 e. The van der Waals surface area contributed by atoms with Crippen LogP contribution in [0, 0.1) is 6.92 Å². The van der Waals surface area contributed by atoms with Gasteiger partial charge in [-0.3, -0.25) is 4.90 Å². The summed E-state index contributed by atoms with van der Waals surface area (Å²) >= 11 is 0. The average Bonchev–Trinajstić information content (AvgIpc) is 2.84. The smallest absolute Gasteiger partial charge is 0.160 e. The third-order valence-electron chi connectivity index (χ3n) is 6.22. The molecule has 1 fully saturated rings. The zero-order valence-corrected chi connectivity index (χ0v) is 18.8. The molecule has 1 heterocycles. The molecule has 4 rings (SSSR count). The lowest BCUT2D eigenvalue weighted by Crippen LogP contribution is -2.48. The van der Waals surface area contributed by atoms with E-state index in [0.717, 1.165) is 44.1 Å². The predicted molar refractivity (Wildman–Crippen MR) is 127 cm³/mol. The van der Waals surface area contributed by atoms with Crippen LogP contribution in [0.1, 0.15) is 22.7 Å². The van der Waals surface area contributed by atoms with Crippen molar-refractivity contribution in [3.8, 4) is 11.5 Å². The summed E-state index contributed by atoms with van der Waals surface area (Å²) < 4.78 is 11.0. The van der Waals surface area contributed by atoms with Gasteiger partial charge in [-0.25, -0.2) is 0 Å². The van der Waals surface area contributed by atoms with Crippen LogP contribution < -0.4 is 14.4 Å². The van der Waals surface area contributed by atoms with E-state index in [-0.39, 0.29) is 0 Å². The number of para-hydroxylation sites is 1. The van der Waals surface area contributed by atoms with E-state index in [9.17, 15) is 0 Å². The van der Waals surface area contributed by atoms with Crippen molar-refractivity contribution >= 4 is 5.69 Å². The van der Waals surface area contributed by atoms with Crippen LogP contribution >= 0.6 is 0 Å². The first-order chi connectivity index (χ1) is 15.2. The van der Waals surface area contributed by atoms with Gasteiger partial charge in [0.25, 0.3) is 0 Å². The number of rotatable bonds is 7. The first-order valence-corrected chi connectivity index (χ1v) is 11.0. The van der Waals surface area contributed by atoms with E-state index in [4.69, 9.17) is 9.47 Å². The van der Waals surface area contributed by atoms with Crippen molar-refractivity contribution in [1.29, 1.82) is 0 Å². The van der Waals surface area contributed by atoms with Gasteiger partial charge in [0.05, 0.1) is 14.2 Å². The number of nitrogens with zero attached hydrogens (tertiary/aromatic N) is 2. The van der Waals surface area contributed by atoms with Gasteiger partial charge in [-0.15, -0.1) is 0 Å². The molecule has 0 N–H and O–H groups in total. The van der Waals surface area contributed by atoms with Gasteiger partial charge < -0.3 is 14.4 Å². The van der Waals surface area contributed by atoms with Gasteiger partial charge in [-0.2, -0.15) is 0 Å². The summed E-state index contributed by atoms with van der Waals surface area (Å²) in [6.45, 7) is 6.31. The third kappa shape index (κ3) is 5.02. The highest BCUT2D eigenvalue weighted by Gasteiger charge is 2.26. The number of benzene rings is 3. The van der Waals surface area contributed by atoms with E-state index in [1.54, 1.807) is 14.2 Å². The topological polar surface area (TPSA) is 24.9 Å². The molecule has 162 valence electrons. The molecule has 0 bridgehead atoms. The molecule has 1 atom stereocenters. The van der Waals surface area contributed by atoms with Crippen LogP contribution in [0.2, 0.25) is 0 Å². The quantitative estimate of drug-likeness (QED) is 0.534. The van der Waals surface area contributed by atoms with Crippen molar-refractivity contribution < 1.29 is 9.47 Å². The molecule has 0 spiro atoms. The molecule has 0 amide bonds. The highest BCUT2D eigenvalue weighted by Crippen LogP contribution is 2.32. The van der Waals surface area contributed by atoms with Gasteiger partial charge in [0, 0.05) is 37.9 Å². The first-order valence-electron chi connectivity index (χ1n) is 11.0. The molecule has 1 aliphatic rings. The lowest BCUT2D eigenvalue weighted by atomic mass is 9.95. The first kappa shape index (κ1) is 21.3. The minimum Gasteiger partial charge on any atom is -0.493 e. The summed E-state index contributed by atoms with van der Waals surface area (Å²) in [5, 5.41) is 0. The minimum absolute atomic E-state index is 0.330. The third-order valence-corrected chi connectivity index (χ3v) is 6.22. The Morgan fingerprint density at radius 1 is 0.774 bits per heavy atom. The van der Waals surface area contributed by atoms with Gasteiger partial charge in [0.1, 0.15) is 0 Å². The molecule has 1 saturated heterocycles. The number of ether oxygens (including phenoxy) is 2. The zero-order chi connectivity index (χ0) is 21.6. The molecule has 1 unspecified atom stereocenters. The van der Waals surface area contributed by atoms with Crippen molar-refractivity contribution in [2.24, 2.45) is 0 Å². The average molecular weight is 417 g/mol. The van der Waals surface area contributed by atoms with E-state index >= 15 is 0 Å². The second kappa shape index (κ2) is 9.88. The Bertz CT molecular complexity index is 964. The van der Waals surface area contributed by atoms with Crippen LogP contribution in [-0.4, -0.2) is 45.3 Å². The van der Waals surface area contributed by atoms with Gasteiger partial charge >= 0.3 is 0 Å². The highest BCUT2D eigenvalue weighted by molar-refractivity contribution is 5.46. The lowest BCUT2D eigenvalue weighted by Gasteiger charge is -2.40. The minimum atomic E-state index is 0.330. The summed E-state index contributed by atoms with van der Waals surface area (Å²) in [5.74, 6) is 1.56. The molecule has 0 aliphatic carbocycles. The summed E-state index contributed by atoms with van der Waals surface area (Å²) in [6, 6.07) is 26.3. The van der Waals surface area contributed by atoms with Crippen LogP contribution in [0.4, 0.5) is 5.69 Å². The van der Waals surface area contributed by atoms with Crippen molar-refractivity contribution in [2.45, 2.75) is 19.4 Å². The summed E-state index contributed by atoms with van der Waals surface area (Å²) in [4.78, 5) is 5.11. The van der Waals surface area contributed by atoms with Crippen molar-refractivity contribution in [1.82, 2.24) is 4.90 Å². The zero-order valence-electron chi connectivity index (χ0n) is 18.8. The Kier molecular flexibility index (Phi) is 6.78. The van der Waals surface area contributed by atoms with Gasteiger partial charge in [-0.05, 0) is 48.7 Å². The van der Waals surface area contributed by atoms with Crippen molar-refractivity contribution in [3.05, 3.63) is 89.5 Å². The van der Waals surface area contributed by atoms with Gasteiger partial charge in [0.15, 0.2) is 11.5 Å². The number of aryl methyl sites for hydroxylation is 1. The number of anilines is 1. The summed E-state index contributed by atoms with van der Waals surface area (Å²) in [5.41, 5.74) is 5.23. The number of piperazine rings is 1. The van der Waals surface area contributed by atoms with Crippen molar-refractivity contribution in [2.75, 3.05) is 45.3 Å². The Morgan fingerprint density at radius 2 is 1.45 bits per heavy atom. The fourth-order valence-corrected chi connectivity index (χ4v) is 4.41. The molecule has 3 aromatic rings. The standard InChI is InChI=1S/C27H32N2O2/c1-21-9-12-23(13-10-21)25(19-22-11-14-26(30-2)27(20-22)31-3)29-17-15-28(16-18-29)24-7-5-4-6-8-24/h4-14,20,25H,15-19H2,1-3H3. The molecule has 3 aromatic carbocycles. The molecule has 4 heteroatoms. The predicted octanol–water partition coefficient (Wildman–Crippen LogP) is 5.12. The molecule has 31 heavy (non-hydrogen) atoms. The summed E-state index contributed by atoms with van der Waals surface area (Å²) in [7, 11) is 3.38. The molecular formula is C27H32N2O2. The number of hydrogen-bond acceptors (Lipinski definition) is 4. The van der Waals surface area contributed by atoms with Crippen LogP contribution in [0.15, 0.2) is 72.8 Å². The second-order valence-electron chi connectivity index (χ2n) is 8.18. The number of methoxy groups -OCH3 is 2. The van der Waals surface area contributed by atoms with E-state index in [2.05, 4.69) is 83.5 Å². The van der Waals surface area contributed by atoms with Crippen molar-refractivity contribution in [3.63, 3.8) is 0 Å². The lowest BCUT2D eigenvalue weighted by molar-refractivity contribution is 0.184. The second-order valence-corrected chi connectivity index (χ2v) is 8.18. The fourth-order valence-electron chi connectivity index (χ4n) is 4.41. The van der Waals surface area contributed by atoms with Crippen LogP contribution in [-0.2, 0) is 6.42 Å². The van der Waals surface area contributed by atoms with E-state index in [1.807, 2.05) is 6.07 Å². The molecular weight excluding hydrogens is 384 g/mol. The van der Waals surface area contributed by atoms with E-state index < -0.39 is 0 Å². The van der Waals surface area contributed by atoms with Crippen LogP contribution in [0.5, 0.6) is 11.5 Å². The Balaban J connectivity index is 1.55. The SMILES string of the molecule is COc1ccc(CC(c2ccc(C)cc2)N2CCN(c3ccccc3)CC2)cc1OC. The maximum atomic E-state index is 5.54. The molecule has 4 nitrogen and oxygen atoms in total. The van der Waals surface area contributed by atoms with E-state index in [0.29, 0.717) is 6.04 Å². The number of hydrogen-bond donors (Lipinski definition) is 0. The summed E-state index contributed by atoms with van der Waals surface area (Å²) in [6.07, 6.45) is 0.939. The molecule has 1 aliphatic heterocycles. The molecule has 0 radical (unpaired) electrons. The monoisotopic (exact) mass is 416 g/mol. The van der Waals surface area contributed by atoms with E-state index in [1.165, 1.54) is 22.4 Å². The Morgan fingerprint density at radius 3 is 2.10 bits per heavy atom. The maximum absolute atomic E-state index is 5.54. The Hall–Kier alpha value is -2.98. The maximum Gasteiger partial charge on any atom is 0.160 e. The fraction of sp³-hybridized carbons (Fsp3) is 0.333. The van der Waals surface area contributed by atoms with Crippen LogP contribution in [0.25, 0.3) is 0 Å². The molecule has 0 saturated carbocycles. The van der Waals surface area contributed by atoms with Gasteiger partial charge in [-0.1, -0.05) is 54.1 Å². The normalized spacial score (nSPS) is 15.5. The Labute approximate surface area is 186 Å². The molecule has 0 aromatic heterocycles.